The lowest BCUT2D eigenvalue weighted by atomic mass is 10.1. The average molecular weight is 279 g/mol. The van der Waals surface area contributed by atoms with Crippen LogP contribution >= 0.6 is 0 Å². The van der Waals surface area contributed by atoms with Crippen molar-refractivity contribution >= 4 is 11.7 Å². The van der Waals surface area contributed by atoms with Gasteiger partial charge in [-0.3, -0.25) is 0 Å². The number of nitrogens with zero attached hydrogens (tertiary/aromatic N) is 1. The number of esters is 1. The van der Waals surface area contributed by atoms with Crippen molar-refractivity contribution in [2.75, 3.05) is 7.11 Å². The summed E-state index contributed by atoms with van der Waals surface area (Å²) in [5, 5.41) is 11.9. The van der Waals surface area contributed by atoms with E-state index in [9.17, 15) is 4.79 Å². The summed E-state index contributed by atoms with van der Waals surface area (Å²) in [7, 11) is 1.62. The molecule has 0 fully saturated rings. The molecule has 1 aromatic rings. The molecule has 0 amide bonds. The van der Waals surface area contributed by atoms with Gasteiger partial charge in [0.15, 0.2) is 5.71 Å². The van der Waals surface area contributed by atoms with Crippen molar-refractivity contribution in [3.05, 3.63) is 29.8 Å². The molecule has 1 N–H and O–H groups in total. The fourth-order valence-corrected chi connectivity index (χ4v) is 1.76. The van der Waals surface area contributed by atoms with Crippen LogP contribution in [0, 0.1) is 0 Å². The molecule has 0 heterocycles. The molecule has 0 bridgehead atoms. The van der Waals surface area contributed by atoms with Crippen LogP contribution in [0.15, 0.2) is 29.4 Å². The standard InChI is InChI=1S/C15H21NO4/c1-11(2)20-15(17)14(16-18)9-5-7-12-6-4-8-13(10-12)19-3/h4,6,8,10-11,18H,5,7,9H2,1-3H3. The van der Waals surface area contributed by atoms with Crippen LogP contribution < -0.4 is 4.74 Å². The van der Waals surface area contributed by atoms with Gasteiger partial charge in [-0.15, -0.1) is 0 Å². The van der Waals surface area contributed by atoms with Gasteiger partial charge in [0.05, 0.1) is 13.2 Å². The highest BCUT2D eigenvalue weighted by Crippen LogP contribution is 2.14. The third kappa shape index (κ3) is 5.30. The number of hydrogen-bond donors (Lipinski definition) is 1. The van der Waals surface area contributed by atoms with Crippen LogP contribution in [0.5, 0.6) is 5.75 Å². The minimum atomic E-state index is -0.562. The number of rotatable bonds is 7. The molecule has 5 nitrogen and oxygen atoms in total. The number of benzene rings is 1. The van der Waals surface area contributed by atoms with Crippen LogP contribution in [-0.2, 0) is 16.0 Å². The number of oxime groups is 1. The number of methoxy groups -OCH3 is 1. The van der Waals surface area contributed by atoms with Gasteiger partial charge < -0.3 is 14.7 Å². The quantitative estimate of drug-likeness (QED) is 0.361. The average Bonchev–Trinajstić information content (AvgIpc) is 2.43. The van der Waals surface area contributed by atoms with Crippen molar-refractivity contribution in [3.63, 3.8) is 0 Å². The lowest BCUT2D eigenvalue weighted by molar-refractivity contribution is -0.139. The summed E-state index contributed by atoms with van der Waals surface area (Å²) in [4.78, 5) is 11.6. The molecule has 5 heteroatoms. The first-order chi connectivity index (χ1) is 9.56. The molecular weight excluding hydrogens is 258 g/mol. The monoisotopic (exact) mass is 279 g/mol. The summed E-state index contributed by atoms with van der Waals surface area (Å²) in [5.74, 6) is 0.242. The zero-order valence-electron chi connectivity index (χ0n) is 12.1. The zero-order valence-corrected chi connectivity index (χ0v) is 12.1. The normalized spacial score (nSPS) is 11.5. The Labute approximate surface area is 119 Å². The lowest BCUT2D eigenvalue weighted by Crippen LogP contribution is -2.21. The predicted octanol–water partition coefficient (Wildman–Crippen LogP) is 2.80. The van der Waals surface area contributed by atoms with Crippen LogP contribution in [-0.4, -0.2) is 30.1 Å². The molecule has 1 aromatic carbocycles. The highest BCUT2D eigenvalue weighted by atomic mass is 16.5. The second kappa shape index (κ2) is 8.19. The van der Waals surface area contributed by atoms with Gasteiger partial charge in [-0.05, 0) is 44.4 Å². The van der Waals surface area contributed by atoms with Crippen molar-refractivity contribution in [1.29, 1.82) is 0 Å². The van der Waals surface area contributed by atoms with Gasteiger partial charge in [-0.25, -0.2) is 4.79 Å². The number of carbonyl (C=O) groups is 1. The molecule has 0 unspecified atom stereocenters. The molecular formula is C15H21NO4. The third-order valence-electron chi connectivity index (χ3n) is 2.71. The summed E-state index contributed by atoms with van der Waals surface area (Å²) in [6.07, 6.45) is 1.61. The molecule has 0 aliphatic carbocycles. The number of carbonyl (C=O) groups excluding carboxylic acids is 1. The smallest absolute Gasteiger partial charge is 0.356 e. The highest BCUT2D eigenvalue weighted by Gasteiger charge is 2.15. The van der Waals surface area contributed by atoms with Gasteiger partial charge in [0.2, 0.25) is 0 Å². The minimum absolute atomic E-state index is 0.0570. The number of ether oxygens (including phenoxy) is 2. The second-order valence-corrected chi connectivity index (χ2v) is 4.71. The molecule has 0 saturated heterocycles. The van der Waals surface area contributed by atoms with E-state index in [2.05, 4.69) is 5.16 Å². The van der Waals surface area contributed by atoms with Crippen LogP contribution in [0.3, 0.4) is 0 Å². The summed E-state index contributed by atoms with van der Waals surface area (Å²) in [6.45, 7) is 3.51. The van der Waals surface area contributed by atoms with Crippen LogP contribution in [0.2, 0.25) is 0 Å². The SMILES string of the molecule is COc1cccc(CCCC(=NO)C(=O)OC(C)C)c1. The van der Waals surface area contributed by atoms with E-state index in [4.69, 9.17) is 14.7 Å². The molecule has 20 heavy (non-hydrogen) atoms. The molecule has 0 aliphatic heterocycles. The van der Waals surface area contributed by atoms with Gasteiger partial charge in [0.1, 0.15) is 5.75 Å². The second-order valence-electron chi connectivity index (χ2n) is 4.71. The van der Waals surface area contributed by atoms with Gasteiger partial charge in [-0.1, -0.05) is 17.3 Å². The molecule has 1 rings (SSSR count). The molecule has 0 spiro atoms. The first kappa shape index (κ1) is 16.0. The van der Waals surface area contributed by atoms with E-state index in [0.717, 1.165) is 17.7 Å². The van der Waals surface area contributed by atoms with Gasteiger partial charge in [0, 0.05) is 6.42 Å². The van der Waals surface area contributed by atoms with E-state index < -0.39 is 5.97 Å². The van der Waals surface area contributed by atoms with Gasteiger partial charge in [0.25, 0.3) is 0 Å². The first-order valence-corrected chi connectivity index (χ1v) is 6.61. The van der Waals surface area contributed by atoms with Crippen molar-refractivity contribution in [1.82, 2.24) is 0 Å². The van der Waals surface area contributed by atoms with Gasteiger partial charge in [-0.2, -0.15) is 0 Å². The summed E-state index contributed by atoms with van der Waals surface area (Å²) >= 11 is 0. The van der Waals surface area contributed by atoms with Crippen LogP contribution in [0.25, 0.3) is 0 Å². The molecule has 0 aliphatic rings. The van der Waals surface area contributed by atoms with Crippen molar-refractivity contribution in [2.45, 2.75) is 39.2 Å². The maximum absolute atomic E-state index is 11.6. The Bertz CT molecular complexity index is 469. The maximum Gasteiger partial charge on any atom is 0.356 e. The number of aryl methyl sites for hydroxylation is 1. The largest absolute Gasteiger partial charge is 0.497 e. The zero-order chi connectivity index (χ0) is 15.0. The molecule has 0 aromatic heterocycles. The van der Waals surface area contributed by atoms with Crippen LogP contribution in [0.1, 0.15) is 32.3 Å². The lowest BCUT2D eigenvalue weighted by Gasteiger charge is -2.09. The summed E-state index contributed by atoms with van der Waals surface area (Å²) < 4.78 is 10.1. The maximum atomic E-state index is 11.6. The van der Waals surface area contributed by atoms with E-state index in [1.54, 1.807) is 21.0 Å². The Morgan fingerprint density at radius 3 is 2.75 bits per heavy atom. The summed E-state index contributed by atoms with van der Waals surface area (Å²) in [6, 6.07) is 7.74. The highest BCUT2D eigenvalue weighted by molar-refractivity contribution is 6.36. The van der Waals surface area contributed by atoms with E-state index >= 15 is 0 Å². The van der Waals surface area contributed by atoms with E-state index in [1.165, 1.54) is 0 Å². The third-order valence-corrected chi connectivity index (χ3v) is 2.71. The van der Waals surface area contributed by atoms with E-state index in [1.807, 2.05) is 24.3 Å². The Morgan fingerprint density at radius 2 is 2.15 bits per heavy atom. The fraction of sp³-hybridized carbons (Fsp3) is 0.467. The fourth-order valence-electron chi connectivity index (χ4n) is 1.76. The summed E-state index contributed by atoms with van der Waals surface area (Å²) in [5.41, 5.74) is 1.17. The molecule has 0 radical (unpaired) electrons. The van der Waals surface area contributed by atoms with E-state index in [-0.39, 0.29) is 11.8 Å². The van der Waals surface area contributed by atoms with Gasteiger partial charge >= 0.3 is 5.97 Å². The predicted molar refractivity (Wildman–Crippen MR) is 76.4 cm³/mol. The Kier molecular flexibility index (Phi) is 6.56. The number of hydrogen-bond acceptors (Lipinski definition) is 5. The van der Waals surface area contributed by atoms with Crippen molar-refractivity contribution < 1.29 is 19.5 Å². The topological polar surface area (TPSA) is 68.1 Å². The minimum Gasteiger partial charge on any atom is -0.497 e. The molecule has 0 saturated carbocycles. The molecule has 110 valence electrons. The van der Waals surface area contributed by atoms with Crippen molar-refractivity contribution in [3.8, 4) is 5.75 Å². The Hall–Kier alpha value is -2.04. The van der Waals surface area contributed by atoms with E-state index in [0.29, 0.717) is 12.8 Å². The van der Waals surface area contributed by atoms with Crippen LogP contribution in [0.4, 0.5) is 0 Å². The first-order valence-electron chi connectivity index (χ1n) is 6.61. The Morgan fingerprint density at radius 1 is 1.40 bits per heavy atom. The molecule has 0 atom stereocenters. The van der Waals surface area contributed by atoms with Crippen molar-refractivity contribution in [2.24, 2.45) is 5.16 Å². The Balaban J connectivity index is 2.47.